The second-order valence-corrected chi connectivity index (χ2v) is 33.9. The molecule has 0 atom stereocenters. The Morgan fingerprint density at radius 3 is 0.528 bits per heavy atom. The number of benzene rings is 12. The predicted octanol–water partition coefficient (Wildman–Crippen LogP) is 16.2. The topological polar surface area (TPSA) is 0 Å². The molecule has 12 rings (SSSR count). The van der Waals surface area contributed by atoms with Crippen LogP contribution >= 0.6 is 41.3 Å². The van der Waals surface area contributed by atoms with Gasteiger partial charge in [0.25, 0.3) is 0 Å². The summed E-state index contributed by atoms with van der Waals surface area (Å²) in [7, 11) is 4.11. The van der Waals surface area contributed by atoms with Crippen molar-refractivity contribution in [2.45, 2.75) is 27.2 Å². The average molecular weight is 1330 g/mol. The number of hydrogen-bond donors (Lipinski definition) is 0. The fourth-order valence-electron chi connectivity index (χ4n) is 11.2. The first-order chi connectivity index (χ1) is 43.8. The van der Waals surface area contributed by atoms with E-state index >= 15 is 0 Å². The Morgan fingerprint density at radius 1 is 0.258 bits per heavy atom. The van der Waals surface area contributed by atoms with E-state index in [-0.39, 0.29) is 47.7 Å². The zero-order chi connectivity index (χ0) is 61.6. The van der Waals surface area contributed by atoms with E-state index in [9.17, 15) is 0 Å². The van der Waals surface area contributed by atoms with Crippen molar-refractivity contribution in [3.8, 4) is 4.33 Å². The zero-order valence-electron chi connectivity index (χ0n) is 51.3. The summed E-state index contributed by atoms with van der Waals surface area (Å²) >= 11 is -0.236. The standard InChI is InChI=1S/2C26H24P2.C24H20B.C6H11.ClH.Tc/c2*1-5-13-23(14-6-1)27(24-15-7-2-8-16-24)21-22-28(25-17-9-3-10-18-25)26-19-11-4-12-20-26;1-5-13-21(14-6-1)25(22-15-7-2-8-16-22,23-17-9-3-10-18-23)24-19-11-4-12-20-24;1-5-6(2,3)4;;/h2*1-20H,21-22H2;1-20H;5H2,2-4H3;1H;/q;;-1;;;+2/p-1. The van der Waals surface area contributed by atoms with Crippen molar-refractivity contribution >= 4 is 112 Å². The maximum Gasteiger partial charge on any atom is 0.108 e. The summed E-state index contributed by atoms with van der Waals surface area (Å²) in [6.07, 6.45) is 4.64. The smallest absolute Gasteiger partial charge is 0.108 e. The van der Waals surface area contributed by atoms with Crippen LogP contribution in [0.15, 0.2) is 364 Å². The summed E-state index contributed by atoms with van der Waals surface area (Å²) in [5, 5.41) is 11.8. The quantitative estimate of drug-likeness (QED) is 0.0593. The van der Waals surface area contributed by atoms with Gasteiger partial charge in [0.1, 0.15) is 6.15 Å². The van der Waals surface area contributed by atoms with Gasteiger partial charge >= 0.3 is 62.6 Å². The van der Waals surface area contributed by atoms with Crippen molar-refractivity contribution in [2.24, 2.45) is 5.41 Å². The number of hydrogen-bond acceptors (Lipinski definition) is 0. The molecule has 0 spiro atoms. The van der Waals surface area contributed by atoms with E-state index in [2.05, 4.69) is 389 Å². The molecule has 0 nitrogen and oxygen atoms in total. The minimum atomic E-state index is -1.22. The van der Waals surface area contributed by atoms with Crippen LogP contribution in [0.3, 0.4) is 0 Å². The van der Waals surface area contributed by atoms with E-state index < -0.39 is 6.15 Å². The minimum absolute atomic E-state index is 0.236. The Hall–Kier alpha value is -6.86. The minimum Gasteiger partial charge on any atom is -0.195 e. The molecule has 0 bridgehead atoms. The molecule has 0 saturated heterocycles. The number of rotatable bonds is 18. The predicted molar refractivity (Wildman–Crippen MR) is 400 cm³/mol. The maximum atomic E-state index is 5.51. The molecule has 0 amide bonds. The van der Waals surface area contributed by atoms with Crippen molar-refractivity contribution < 1.29 is 16.0 Å². The van der Waals surface area contributed by atoms with Crippen LogP contribution in [0.4, 0.5) is 0 Å². The van der Waals surface area contributed by atoms with Crippen molar-refractivity contribution in [3.05, 3.63) is 364 Å². The first kappa shape index (κ1) is 66.6. The van der Waals surface area contributed by atoms with Crippen LogP contribution in [0.1, 0.15) is 27.2 Å². The number of halogens is 1. The van der Waals surface area contributed by atoms with Gasteiger partial charge in [-0.3, -0.25) is 0 Å². The van der Waals surface area contributed by atoms with E-state index in [1.54, 1.807) is 0 Å². The molecule has 0 radical (unpaired) electrons. The second-order valence-electron chi connectivity index (χ2n) is 22.7. The Morgan fingerprint density at radius 2 is 0.404 bits per heavy atom. The molecule has 89 heavy (non-hydrogen) atoms. The van der Waals surface area contributed by atoms with Gasteiger partial charge in [-0.05, 0) is 98.8 Å². The van der Waals surface area contributed by atoms with E-state index in [1.807, 2.05) is 0 Å². The van der Waals surface area contributed by atoms with Gasteiger partial charge in [0.05, 0.1) is 0 Å². The molecule has 12 aromatic rings. The van der Waals surface area contributed by atoms with Crippen LogP contribution < -0.4 is 64.3 Å². The van der Waals surface area contributed by atoms with Gasteiger partial charge in [0, 0.05) is 0 Å². The second kappa shape index (κ2) is 36.1. The Balaban J connectivity index is 0.000000149. The molecule has 0 fully saturated rings. The molecule has 0 unspecified atom stereocenters. The van der Waals surface area contributed by atoms with Crippen molar-refractivity contribution in [3.63, 3.8) is 0 Å². The van der Waals surface area contributed by atoms with Gasteiger partial charge in [-0.2, -0.15) is 21.9 Å². The van der Waals surface area contributed by atoms with Crippen LogP contribution in [-0.2, 0) is 16.0 Å². The van der Waals surface area contributed by atoms with Crippen LogP contribution in [-0.4, -0.2) is 30.8 Å². The first-order valence-electron chi connectivity index (χ1n) is 30.7. The van der Waals surface area contributed by atoms with Crippen LogP contribution in [0.25, 0.3) is 0 Å². The van der Waals surface area contributed by atoms with Gasteiger partial charge in [0.2, 0.25) is 0 Å². The summed E-state index contributed by atoms with van der Waals surface area (Å²) in [4.78, 5) is 0. The monoisotopic (exact) mass is 1330 g/mol. The van der Waals surface area contributed by atoms with Crippen LogP contribution in [0, 0.1) is 9.75 Å². The summed E-state index contributed by atoms with van der Waals surface area (Å²) in [6, 6.07) is 132. The molecule has 0 aliphatic heterocycles. The van der Waals surface area contributed by atoms with Crippen molar-refractivity contribution in [1.82, 2.24) is 0 Å². The summed E-state index contributed by atoms with van der Waals surface area (Å²) < 4.78 is 3.16. The third-order valence-electron chi connectivity index (χ3n) is 15.5. The van der Waals surface area contributed by atoms with Crippen molar-refractivity contribution in [2.75, 3.05) is 24.6 Å². The maximum absolute atomic E-state index is 5.51. The molecule has 0 heterocycles. The molecule has 0 N–H and O–H groups in total. The fraction of sp³-hybridized carbons (Fsp3) is 0.110. The average Bonchev–Trinajstić information content (AvgIpc) is 0.906. The van der Waals surface area contributed by atoms with E-state index in [4.69, 9.17) is 9.58 Å². The Bertz CT molecular complexity index is 3250. The molecule has 0 aliphatic carbocycles. The van der Waals surface area contributed by atoms with Gasteiger partial charge in [-0.15, -0.1) is 0 Å². The van der Waals surface area contributed by atoms with Gasteiger partial charge in [-0.25, -0.2) is 0 Å². The Labute approximate surface area is 549 Å². The first-order valence-corrected chi connectivity index (χ1v) is 40.1. The van der Waals surface area contributed by atoms with E-state index in [0.29, 0.717) is 5.41 Å². The molecule has 0 saturated carbocycles. The molecule has 7 heteroatoms. The zero-order valence-corrected chi connectivity index (χ0v) is 57.5. The molecule has 0 aliphatic rings. The summed E-state index contributed by atoms with van der Waals surface area (Å²) in [5.41, 5.74) is 5.74. The largest absolute Gasteiger partial charge is 0.195 e. The summed E-state index contributed by atoms with van der Waals surface area (Å²) in [5.74, 6) is 0. The van der Waals surface area contributed by atoms with Gasteiger partial charge in [-0.1, -0.05) is 364 Å². The molecular formula is C82H79BClP4Tc. The molecule has 0 aromatic heterocycles. The molecular weight excluding hydrogens is 1250 g/mol. The van der Waals surface area contributed by atoms with Crippen molar-refractivity contribution in [1.29, 1.82) is 0 Å². The molecule has 444 valence electrons. The normalized spacial score (nSPS) is 11.1. The van der Waals surface area contributed by atoms with E-state index in [1.165, 1.54) is 88.9 Å². The summed E-state index contributed by atoms with van der Waals surface area (Å²) in [6.45, 7) is 6.57. The van der Waals surface area contributed by atoms with Crippen LogP contribution in [0.5, 0.6) is 0 Å². The Kier molecular flexibility index (Phi) is 27.0. The van der Waals surface area contributed by atoms with Crippen LogP contribution in [0.2, 0.25) is 0 Å². The van der Waals surface area contributed by atoms with Gasteiger partial charge in [0.15, 0.2) is 0 Å². The van der Waals surface area contributed by atoms with Gasteiger partial charge < -0.3 is 0 Å². The molecule has 12 aromatic carbocycles. The third-order valence-corrected chi connectivity index (χ3v) is 27.4. The third kappa shape index (κ3) is 19.8. The van der Waals surface area contributed by atoms with E-state index in [0.717, 1.165) is 6.42 Å². The fourth-order valence-corrected chi connectivity index (χ4v) is 23.4. The SMILES string of the molecule is CC(C)(C)C[C]#[Tc+][Cl].c1ccc(P(CCP(c2ccccc2)c2ccccc2)c2ccccc2)cc1.c1ccc(P(CCP(c2ccccc2)c2ccccc2)c2ccccc2)cc1.c1ccc([B-](c2ccccc2)(c2ccccc2)c2ccccc2)cc1.